The molecule has 4 nitrogen and oxygen atoms in total. The number of aromatic hydroxyl groups is 1. The molecule has 0 aromatic heterocycles. The van der Waals surface area contributed by atoms with E-state index >= 15 is 0 Å². The minimum Gasteiger partial charge on any atom is -0.507 e. The molecule has 0 heterocycles. The Morgan fingerprint density at radius 2 is 1.96 bits per heavy atom. The summed E-state index contributed by atoms with van der Waals surface area (Å²) >= 11 is 0. The van der Waals surface area contributed by atoms with Crippen LogP contribution in [0.4, 0.5) is 0 Å². The van der Waals surface area contributed by atoms with E-state index in [9.17, 15) is 15.0 Å². The second-order valence-electron chi connectivity index (χ2n) is 8.60. The standard InChI is InChI=1S/C21H30O4/c1-12(2)13-7-8-14-17(18(13)23)15(22)11-16-20(14,3)9-6-10-21(16,4)19(24)25-5/h7-8,12,15-16,22-23H,6,9-11H2,1-5H3/t15-,16+,20+,21+/m0/s1. The minimum absolute atomic E-state index is 0.00648. The second-order valence-corrected chi connectivity index (χ2v) is 8.60. The predicted molar refractivity (Wildman–Crippen MR) is 96.6 cm³/mol. The first-order valence-corrected chi connectivity index (χ1v) is 9.29. The van der Waals surface area contributed by atoms with Crippen LogP contribution in [0.3, 0.4) is 0 Å². The Hall–Kier alpha value is -1.55. The van der Waals surface area contributed by atoms with Crippen molar-refractivity contribution in [3.05, 3.63) is 28.8 Å². The molecule has 138 valence electrons. The van der Waals surface area contributed by atoms with Gasteiger partial charge in [0.15, 0.2) is 0 Å². The van der Waals surface area contributed by atoms with E-state index < -0.39 is 11.5 Å². The molecule has 0 bridgehead atoms. The zero-order valence-corrected chi connectivity index (χ0v) is 15.9. The number of carbonyl (C=O) groups is 1. The van der Waals surface area contributed by atoms with Gasteiger partial charge in [0.05, 0.1) is 18.6 Å². The topological polar surface area (TPSA) is 66.8 Å². The van der Waals surface area contributed by atoms with Crippen molar-refractivity contribution >= 4 is 5.97 Å². The SMILES string of the molecule is COC(=O)[C@]1(C)CCC[C@]2(C)c3ccc(C(C)C)c(O)c3[C@@H](O)C[C@@H]12. The van der Waals surface area contributed by atoms with Crippen LogP contribution < -0.4 is 0 Å². The lowest BCUT2D eigenvalue weighted by atomic mass is 9.49. The van der Waals surface area contributed by atoms with Gasteiger partial charge in [0.1, 0.15) is 5.75 Å². The molecule has 4 heteroatoms. The number of ether oxygens (including phenoxy) is 1. The van der Waals surface area contributed by atoms with E-state index in [4.69, 9.17) is 4.74 Å². The van der Waals surface area contributed by atoms with Crippen molar-refractivity contribution in [2.45, 2.75) is 70.8 Å². The van der Waals surface area contributed by atoms with Gasteiger partial charge in [-0.3, -0.25) is 4.79 Å². The maximum Gasteiger partial charge on any atom is 0.311 e. The maximum atomic E-state index is 12.6. The van der Waals surface area contributed by atoms with Gasteiger partial charge in [-0.2, -0.15) is 0 Å². The van der Waals surface area contributed by atoms with Crippen molar-refractivity contribution in [1.29, 1.82) is 0 Å². The number of aliphatic hydroxyl groups is 1. The number of fused-ring (bicyclic) bond motifs is 3. The third-order valence-electron chi connectivity index (χ3n) is 6.86. The highest BCUT2D eigenvalue weighted by molar-refractivity contribution is 5.77. The van der Waals surface area contributed by atoms with Crippen molar-refractivity contribution in [1.82, 2.24) is 0 Å². The van der Waals surface area contributed by atoms with Crippen LogP contribution in [0.15, 0.2) is 12.1 Å². The number of carbonyl (C=O) groups excluding carboxylic acids is 1. The van der Waals surface area contributed by atoms with E-state index in [2.05, 4.69) is 13.0 Å². The fourth-order valence-corrected chi connectivity index (χ4v) is 5.46. The summed E-state index contributed by atoms with van der Waals surface area (Å²) in [6, 6.07) is 4.03. The van der Waals surface area contributed by atoms with E-state index in [-0.39, 0.29) is 29.0 Å². The molecule has 0 radical (unpaired) electrons. The molecule has 1 fully saturated rings. The molecular formula is C21H30O4. The number of phenolic OH excluding ortho intramolecular Hbond substituents is 1. The number of esters is 1. The van der Waals surface area contributed by atoms with E-state index in [1.165, 1.54) is 7.11 Å². The Kier molecular flexibility index (Phi) is 4.39. The summed E-state index contributed by atoms with van der Waals surface area (Å²) in [5.41, 5.74) is 1.67. The molecular weight excluding hydrogens is 316 g/mol. The van der Waals surface area contributed by atoms with Gasteiger partial charge in [-0.25, -0.2) is 0 Å². The van der Waals surface area contributed by atoms with E-state index in [1.54, 1.807) is 0 Å². The summed E-state index contributed by atoms with van der Waals surface area (Å²) in [6.07, 6.45) is 2.38. The Balaban J connectivity index is 2.18. The molecule has 0 unspecified atom stereocenters. The van der Waals surface area contributed by atoms with Gasteiger partial charge in [0.25, 0.3) is 0 Å². The normalized spacial score (nSPS) is 34.4. The molecule has 4 atom stereocenters. The molecule has 25 heavy (non-hydrogen) atoms. The summed E-state index contributed by atoms with van der Waals surface area (Å²) in [6.45, 7) is 8.23. The van der Waals surface area contributed by atoms with Crippen molar-refractivity contribution in [2.75, 3.05) is 7.11 Å². The number of hydrogen-bond acceptors (Lipinski definition) is 4. The molecule has 0 saturated heterocycles. The van der Waals surface area contributed by atoms with Crippen molar-refractivity contribution in [2.24, 2.45) is 11.3 Å². The van der Waals surface area contributed by atoms with Gasteiger partial charge in [0.2, 0.25) is 0 Å². The summed E-state index contributed by atoms with van der Waals surface area (Å²) in [4.78, 5) is 12.6. The van der Waals surface area contributed by atoms with E-state index in [0.29, 0.717) is 12.0 Å². The van der Waals surface area contributed by atoms with Crippen LogP contribution in [0.25, 0.3) is 0 Å². The van der Waals surface area contributed by atoms with Gasteiger partial charge >= 0.3 is 5.97 Å². The molecule has 3 rings (SSSR count). The average Bonchev–Trinajstić information content (AvgIpc) is 2.56. The molecule has 0 amide bonds. The largest absolute Gasteiger partial charge is 0.507 e. The fourth-order valence-electron chi connectivity index (χ4n) is 5.46. The Labute approximate surface area is 150 Å². The Morgan fingerprint density at radius 1 is 1.28 bits per heavy atom. The quantitative estimate of drug-likeness (QED) is 0.788. The maximum absolute atomic E-state index is 12.6. The number of phenols is 1. The number of hydrogen-bond donors (Lipinski definition) is 2. The van der Waals surface area contributed by atoms with Crippen molar-refractivity contribution in [3.63, 3.8) is 0 Å². The number of rotatable bonds is 2. The van der Waals surface area contributed by atoms with Crippen LogP contribution in [-0.4, -0.2) is 23.3 Å². The highest BCUT2D eigenvalue weighted by atomic mass is 16.5. The summed E-state index contributed by atoms with van der Waals surface area (Å²) in [5.74, 6) is 0.217. The highest BCUT2D eigenvalue weighted by Crippen LogP contribution is 2.61. The van der Waals surface area contributed by atoms with Crippen LogP contribution >= 0.6 is 0 Å². The Bertz CT molecular complexity index is 695. The van der Waals surface area contributed by atoms with Gasteiger partial charge in [-0.1, -0.05) is 39.3 Å². The third kappa shape index (κ3) is 2.49. The first-order valence-electron chi connectivity index (χ1n) is 9.29. The smallest absolute Gasteiger partial charge is 0.311 e. The first kappa shape index (κ1) is 18.2. The second kappa shape index (κ2) is 6.01. The molecule has 2 aliphatic carbocycles. The predicted octanol–water partition coefficient (Wildman–Crippen LogP) is 4.19. The van der Waals surface area contributed by atoms with Gasteiger partial charge in [0, 0.05) is 5.56 Å². The first-order chi connectivity index (χ1) is 11.7. The van der Waals surface area contributed by atoms with Gasteiger partial charge in [-0.15, -0.1) is 0 Å². The third-order valence-corrected chi connectivity index (χ3v) is 6.86. The fraction of sp³-hybridized carbons (Fsp3) is 0.667. The minimum atomic E-state index is -0.756. The molecule has 2 aliphatic rings. The summed E-state index contributed by atoms with van der Waals surface area (Å²) in [7, 11) is 1.44. The van der Waals surface area contributed by atoms with Crippen molar-refractivity contribution in [3.8, 4) is 5.75 Å². The number of methoxy groups -OCH3 is 1. The van der Waals surface area contributed by atoms with Crippen LogP contribution in [0.5, 0.6) is 5.75 Å². The highest BCUT2D eigenvalue weighted by Gasteiger charge is 2.57. The van der Waals surface area contributed by atoms with E-state index in [0.717, 1.165) is 30.4 Å². The lowest BCUT2D eigenvalue weighted by Gasteiger charge is -2.55. The van der Waals surface area contributed by atoms with E-state index in [1.807, 2.05) is 26.8 Å². The van der Waals surface area contributed by atoms with Crippen LogP contribution in [-0.2, 0) is 14.9 Å². The molecule has 0 aliphatic heterocycles. The Morgan fingerprint density at radius 3 is 2.56 bits per heavy atom. The molecule has 1 aromatic carbocycles. The molecule has 0 spiro atoms. The zero-order valence-electron chi connectivity index (χ0n) is 15.9. The number of benzene rings is 1. The average molecular weight is 346 g/mol. The lowest BCUT2D eigenvalue weighted by molar-refractivity contribution is -0.162. The zero-order chi connectivity index (χ0) is 18.6. The van der Waals surface area contributed by atoms with Crippen LogP contribution in [0.2, 0.25) is 0 Å². The lowest BCUT2D eigenvalue weighted by Crippen LogP contribution is -2.53. The number of aliphatic hydroxyl groups excluding tert-OH is 1. The molecule has 2 N–H and O–H groups in total. The van der Waals surface area contributed by atoms with Crippen molar-refractivity contribution < 1.29 is 19.7 Å². The van der Waals surface area contributed by atoms with Crippen LogP contribution in [0, 0.1) is 11.3 Å². The monoisotopic (exact) mass is 346 g/mol. The van der Waals surface area contributed by atoms with Gasteiger partial charge in [-0.05, 0) is 54.6 Å². The molecule has 1 saturated carbocycles. The van der Waals surface area contributed by atoms with Crippen LogP contribution in [0.1, 0.15) is 82.1 Å². The summed E-state index contributed by atoms with van der Waals surface area (Å²) < 4.78 is 5.11. The molecule has 1 aromatic rings. The summed E-state index contributed by atoms with van der Waals surface area (Å²) in [5, 5.41) is 21.7. The van der Waals surface area contributed by atoms with Gasteiger partial charge < -0.3 is 14.9 Å².